The fraction of sp³-hybridized carbons (Fsp3) is 0.250. The number of benzene rings is 2. The Balaban J connectivity index is 2.47. The number of rotatable bonds is 5. The standard InChI is InChI=1S/C16H18FNO3/c1-19-10-7-8-11(14(9-10)21-3)16(18)12-5-4-6-13(20-2)15(12)17/h4-9,16H,18H2,1-3H3. The predicted octanol–water partition coefficient (Wildman–Crippen LogP) is 2.90. The molecule has 2 aromatic carbocycles. The molecule has 0 saturated carbocycles. The van der Waals surface area contributed by atoms with Gasteiger partial charge in [-0.3, -0.25) is 0 Å². The summed E-state index contributed by atoms with van der Waals surface area (Å²) in [6, 6.07) is 9.46. The monoisotopic (exact) mass is 291 g/mol. The number of halogens is 1. The summed E-state index contributed by atoms with van der Waals surface area (Å²) < 4.78 is 29.8. The van der Waals surface area contributed by atoms with Crippen molar-refractivity contribution >= 4 is 0 Å². The van der Waals surface area contributed by atoms with Gasteiger partial charge in [0.2, 0.25) is 0 Å². The summed E-state index contributed by atoms with van der Waals surface area (Å²) in [5.41, 5.74) is 7.21. The molecule has 0 aliphatic rings. The second-order valence-corrected chi connectivity index (χ2v) is 4.45. The fourth-order valence-electron chi connectivity index (χ4n) is 2.17. The van der Waals surface area contributed by atoms with Gasteiger partial charge in [0.25, 0.3) is 0 Å². The minimum atomic E-state index is -0.666. The van der Waals surface area contributed by atoms with Crippen LogP contribution in [0, 0.1) is 5.82 Å². The lowest BCUT2D eigenvalue weighted by atomic mass is 9.97. The van der Waals surface area contributed by atoms with Gasteiger partial charge in [0, 0.05) is 17.2 Å². The van der Waals surface area contributed by atoms with Gasteiger partial charge in [-0.15, -0.1) is 0 Å². The van der Waals surface area contributed by atoms with Crippen LogP contribution in [0.2, 0.25) is 0 Å². The van der Waals surface area contributed by atoms with Crippen molar-refractivity contribution in [3.8, 4) is 17.2 Å². The topological polar surface area (TPSA) is 53.7 Å². The van der Waals surface area contributed by atoms with Gasteiger partial charge in [0.1, 0.15) is 11.5 Å². The molecule has 21 heavy (non-hydrogen) atoms. The number of ether oxygens (including phenoxy) is 3. The third-order valence-corrected chi connectivity index (χ3v) is 3.32. The van der Waals surface area contributed by atoms with Crippen LogP contribution in [0.1, 0.15) is 17.2 Å². The molecule has 0 aliphatic heterocycles. The van der Waals surface area contributed by atoms with E-state index in [0.29, 0.717) is 22.6 Å². The molecule has 2 rings (SSSR count). The summed E-state index contributed by atoms with van der Waals surface area (Å²) >= 11 is 0. The third kappa shape index (κ3) is 2.92. The van der Waals surface area contributed by atoms with Crippen LogP contribution in [0.4, 0.5) is 4.39 Å². The van der Waals surface area contributed by atoms with E-state index in [1.807, 2.05) is 0 Å². The van der Waals surface area contributed by atoms with Crippen LogP contribution >= 0.6 is 0 Å². The Labute approximate surface area is 123 Å². The highest BCUT2D eigenvalue weighted by molar-refractivity contribution is 5.47. The predicted molar refractivity (Wildman–Crippen MR) is 78.5 cm³/mol. The second kappa shape index (κ2) is 6.45. The highest BCUT2D eigenvalue weighted by atomic mass is 19.1. The van der Waals surface area contributed by atoms with Crippen molar-refractivity contribution in [1.82, 2.24) is 0 Å². The van der Waals surface area contributed by atoms with Crippen molar-refractivity contribution in [3.63, 3.8) is 0 Å². The van der Waals surface area contributed by atoms with Crippen molar-refractivity contribution in [1.29, 1.82) is 0 Å². The molecule has 0 aromatic heterocycles. The van der Waals surface area contributed by atoms with Crippen LogP contribution in [0.25, 0.3) is 0 Å². The number of methoxy groups -OCH3 is 3. The number of nitrogens with two attached hydrogens (primary N) is 1. The molecular formula is C16H18FNO3. The minimum absolute atomic E-state index is 0.162. The lowest BCUT2D eigenvalue weighted by Gasteiger charge is -2.18. The molecule has 0 heterocycles. The lowest BCUT2D eigenvalue weighted by molar-refractivity contribution is 0.381. The number of hydrogen-bond donors (Lipinski definition) is 1. The van der Waals surface area contributed by atoms with E-state index in [2.05, 4.69) is 0 Å². The van der Waals surface area contributed by atoms with E-state index in [1.54, 1.807) is 43.5 Å². The van der Waals surface area contributed by atoms with Gasteiger partial charge < -0.3 is 19.9 Å². The SMILES string of the molecule is COc1ccc(C(N)c2cccc(OC)c2F)c(OC)c1. The van der Waals surface area contributed by atoms with E-state index >= 15 is 0 Å². The molecule has 5 heteroatoms. The van der Waals surface area contributed by atoms with Crippen LogP contribution in [0.3, 0.4) is 0 Å². The highest BCUT2D eigenvalue weighted by Crippen LogP contribution is 2.34. The van der Waals surface area contributed by atoms with Crippen molar-refractivity contribution in [2.75, 3.05) is 21.3 Å². The lowest BCUT2D eigenvalue weighted by Crippen LogP contribution is -2.15. The summed E-state index contributed by atoms with van der Waals surface area (Å²) in [6.07, 6.45) is 0. The van der Waals surface area contributed by atoms with Crippen molar-refractivity contribution in [3.05, 3.63) is 53.3 Å². The van der Waals surface area contributed by atoms with E-state index in [-0.39, 0.29) is 5.75 Å². The first kappa shape index (κ1) is 15.1. The van der Waals surface area contributed by atoms with Gasteiger partial charge in [0.15, 0.2) is 11.6 Å². The van der Waals surface area contributed by atoms with E-state index in [4.69, 9.17) is 19.9 Å². The van der Waals surface area contributed by atoms with Crippen LogP contribution in [0.15, 0.2) is 36.4 Å². The molecule has 0 bridgehead atoms. The first-order valence-corrected chi connectivity index (χ1v) is 6.42. The zero-order valence-corrected chi connectivity index (χ0v) is 12.2. The Morgan fingerprint density at radius 3 is 2.24 bits per heavy atom. The molecule has 0 radical (unpaired) electrons. The summed E-state index contributed by atoms with van der Waals surface area (Å²) in [7, 11) is 4.52. The quantitative estimate of drug-likeness (QED) is 0.920. The Morgan fingerprint density at radius 2 is 1.62 bits per heavy atom. The Hall–Kier alpha value is -2.27. The van der Waals surface area contributed by atoms with Gasteiger partial charge in [-0.1, -0.05) is 12.1 Å². The van der Waals surface area contributed by atoms with E-state index < -0.39 is 11.9 Å². The van der Waals surface area contributed by atoms with Crippen LogP contribution in [-0.2, 0) is 0 Å². The van der Waals surface area contributed by atoms with Crippen LogP contribution in [-0.4, -0.2) is 21.3 Å². The van der Waals surface area contributed by atoms with E-state index in [1.165, 1.54) is 14.2 Å². The zero-order chi connectivity index (χ0) is 15.4. The molecule has 0 saturated heterocycles. The number of hydrogen-bond acceptors (Lipinski definition) is 4. The van der Waals surface area contributed by atoms with Crippen molar-refractivity contribution in [2.45, 2.75) is 6.04 Å². The van der Waals surface area contributed by atoms with Gasteiger partial charge in [0.05, 0.1) is 27.4 Å². The van der Waals surface area contributed by atoms with Crippen LogP contribution in [0.5, 0.6) is 17.2 Å². The largest absolute Gasteiger partial charge is 0.497 e. The zero-order valence-electron chi connectivity index (χ0n) is 12.2. The molecule has 2 aromatic rings. The summed E-state index contributed by atoms with van der Waals surface area (Å²) in [6.45, 7) is 0. The Morgan fingerprint density at radius 1 is 0.905 bits per heavy atom. The van der Waals surface area contributed by atoms with Gasteiger partial charge in [-0.2, -0.15) is 0 Å². The average Bonchev–Trinajstić information content (AvgIpc) is 2.53. The first-order valence-electron chi connectivity index (χ1n) is 6.42. The molecule has 0 amide bonds. The summed E-state index contributed by atoms with van der Waals surface area (Å²) in [4.78, 5) is 0. The second-order valence-electron chi connectivity index (χ2n) is 4.45. The molecule has 0 spiro atoms. The molecule has 0 aliphatic carbocycles. The van der Waals surface area contributed by atoms with Gasteiger partial charge in [-0.05, 0) is 18.2 Å². The first-order chi connectivity index (χ1) is 10.1. The Bertz CT molecular complexity index is 631. The molecular weight excluding hydrogens is 273 g/mol. The van der Waals surface area contributed by atoms with Crippen LogP contribution < -0.4 is 19.9 Å². The highest BCUT2D eigenvalue weighted by Gasteiger charge is 2.20. The van der Waals surface area contributed by atoms with Crippen molar-refractivity contribution in [2.24, 2.45) is 5.73 Å². The van der Waals surface area contributed by atoms with Gasteiger partial charge in [-0.25, -0.2) is 4.39 Å². The maximum atomic E-state index is 14.3. The van der Waals surface area contributed by atoms with Crippen molar-refractivity contribution < 1.29 is 18.6 Å². The molecule has 112 valence electrons. The average molecular weight is 291 g/mol. The van der Waals surface area contributed by atoms with E-state index in [0.717, 1.165) is 0 Å². The Kier molecular flexibility index (Phi) is 4.65. The normalized spacial score (nSPS) is 11.9. The summed E-state index contributed by atoms with van der Waals surface area (Å²) in [5, 5.41) is 0. The van der Waals surface area contributed by atoms with E-state index in [9.17, 15) is 4.39 Å². The molecule has 4 nitrogen and oxygen atoms in total. The molecule has 0 fully saturated rings. The maximum Gasteiger partial charge on any atom is 0.170 e. The third-order valence-electron chi connectivity index (χ3n) is 3.32. The fourth-order valence-corrected chi connectivity index (χ4v) is 2.17. The summed E-state index contributed by atoms with van der Waals surface area (Å²) in [5.74, 6) is 0.888. The van der Waals surface area contributed by atoms with Gasteiger partial charge >= 0.3 is 0 Å². The smallest absolute Gasteiger partial charge is 0.170 e. The molecule has 1 unspecified atom stereocenters. The molecule has 2 N–H and O–H groups in total. The minimum Gasteiger partial charge on any atom is -0.497 e. The maximum absolute atomic E-state index is 14.3. The molecule has 1 atom stereocenters.